The topological polar surface area (TPSA) is 40.5 Å². The Labute approximate surface area is 235 Å². The highest BCUT2D eigenvalue weighted by Gasteiger charge is 2.42. The number of aliphatic hydroxyl groups excluding tert-OH is 1. The van der Waals surface area contributed by atoms with Crippen LogP contribution in [0.2, 0.25) is 0 Å². The average Bonchev–Trinajstić information content (AvgIpc) is 3.13. The molecule has 3 heteroatoms. The molecule has 2 aromatic rings. The van der Waals surface area contributed by atoms with Crippen LogP contribution in [0.15, 0.2) is 95.4 Å². The standard InChI is InChI=1S/C36H45NO2/c1-8-9-10-11-12-17-22-37-31-21-16-15-20-30(31)36(6,7)32(37)24-28-33(38)27(34(28)39)23-26(3)35(4,5)29-19-14-13-18-25(29)2/h13-16,18-21,23-24,38H,3,8-12,17,22H2,1-2,4-7H3/b27-23+,32-24+. The summed E-state index contributed by atoms with van der Waals surface area (Å²) in [7, 11) is 0. The lowest BCUT2D eigenvalue weighted by molar-refractivity contribution is -0.113. The molecule has 0 aromatic heterocycles. The van der Waals surface area contributed by atoms with Gasteiger partial charge in [0.15, 0.2) is 0 Å². The lowest BCUT2D eigenvalue weighted by Crippen LogP contribution is -2.30. The maximum Gasteiger partial charge on any atom is 0.200 e. The van der Waals surface area contributed by atoms with Crippen molar-refractivity contribution in [3.8, 4) is 0 Å². The summed E-state index contributed by atoms with van der Waals surface area (Å²) in [6.45, 7) is 18.2. The largest absolute Gasteiger partial charge is 0.506 e. The number of nitrogens with zero attached hydrogens (tertiary/aromatic N) is 1. The van der Waals surface area contributed by atoms with E-state index < -0.39 is 0 Å². The van der Waals surface area contributed by atoms with Crippen LogP contribution in [0.5, 0.6) is 0 Å². The molecular formula is C36H45NO2. The molecule has 206 valence electrons. The first-order valence-corrected chi connectivity index (χ1v) is 14.6. The lowest BCUT2D eigenvalue weighted by Gasteiger charge is -2.31. The highest BCUT2D eigenvalue weighted by atomic mass is 16.3. The van der Waals surface area contributed by atoms with Gasteiger partial charge in [0.05, 0.1) is 11.1 Å². The van der Waals surface area contributed by atoms with Crippen LogP contribution in [0.4, 0.5) is 5.69 Å². The number of carbonyl (C=O) groups is 1. The summed E-state index contributed by atoms with van der Waals surface area (Å²) >= 11 is 0. The van der Waals surface area contributed by atoms with Crippen LogP contribution in [0.3, 0.4) is 0 Å². The number of carbonyl (C=O) groups excluding carboxylic acids is 1. The minimum Gasteiger partial charge on any atom is -0.506 e. The molecule has 0 bridgehead atoms. The summed E-state index contributed by atoms with van der Waals surface area (Å²) in [5.41, 5.74) is 6.81. The molecule has 4 rings (SSSR count). The predicted octanol–water partition coefficient (Wildman–Crippen LogP) is 9.19. The monoisotopic (exact) mass is 523 g/mol. The van der Waals surface area contributed by atoms with Crippen LogP contribution in [-0.4, -0.2) is 17.4 Å². The molecule has 0 radical (unpaired) electrons. The Morgan fingerprint density at radius 2 is 1.64 bits per heavy atom. The maximum absolute atomic E-state index is 13.4. The van der Waals surface area contributed by atoms with Crippen molar-refractivity contribution in [2.45, 2.75) is 90.9 Å². The number of aliphatic hydroxyl groups is 1. The molecule has 0 saturated heterocycles. The fourth-order valence-electron chi connectivity index (χ4n) is 6.04. The second-order valence-electron chi connectivity index (χ2n) is 12.2. The maximum atomic E-state index is 13.4. The molecule has 1 N–H and O–H groups in total. The molecule has 0 spiro atoms. The summed E-state index contributed by atoms with van der Waals surface area (Å²) in [4.78, 5) is 15.8. The van der Waals surface area contributed by atoms with E-state index in [9.17, 15) is 9.90 Å². The number of ketones is 1. The Bertz CT molecular complexity index is 1350. The second kappa shape index (κ2) is 11.4. The predicted molar refractivity (Wildman–Crippen MR) is 164 cm³/mol. The highest BCUT2D eigenvalue weighted by Crippen LogP contribution is 2.49. The van der Waals surface area contributed by atoms with Crippen LogP contribution in [0, 0.1) is 6.92 Å². The van der Waals surface area contributed by atoms with E-state index >= 15 is 0 Å². The Hall–Kier alpha value is -3.33. The van der Waals surface area contributed by atoms with Crippen molar-refractivity contribution >= 4 is 11.5 Å². The van der Waals surface area contributed by atoms with Gasteiger partial charge in [-0.15, -0.1) is 0 Å². The number of allylic oxidation sites excluding steroid dienone is 6. The first kappa shape index (κ1) is 28.7. The molecule has 1 aliphatic heterocycles. The number of aryl methyl sites for hydroxylation is 1. The number of Topliss-reactive ketones (excluding diaryl/α,β-unsaturated/α-hetero) is 1. The van der Waals surface area contributed by atoms with Crippen LogP contribution >= 0.6 is 0 Å². The summed E-state index contributed by atoms with van der Waals surface area (Å²) in [6, 6.07) is 16.8. The third-order valence-corrected chi connectivity index (χ3v) is 8.75. The zero-order chi connectivity index (χ0) is 28.4. The van der Waals surface area contributed by atoms with Gasteiger partial charge < -0.3 is 10.0 Å². The van der Waals surface area contributed by atoms with Gasteiger partial charge in [0.25, 0.3) is 0 Å². The number of benzene rings is 2. The van der Waals surface area contributed by atoms with Gasteiger partial charge in [-0.3, -0.25) is 4.79 Å². The van der Waals surface area contributed by atoms with Crippen molar-refractivity contribution in [2.75, 3.05) is 11.4 Å². The molecule has 0 atom stereocenters. The summed E-state index contributed by atoms with van der Waals surface area (Å²) in [5, 5.41) is 11.1. The first-order valence-electron chi connectivity index (χ1n) is 14.6. The highest BCUT2D eigenvalue weighted by molar-refractivity contribution is 6.21. The van der Waals surface area contributed by atoms with Crippen molar-refractivity contribution in [1.82, 2.24) is 0 Å². The molecule has 3 nitrogen and oxygen atoms in total. The van der Waals surface area contributed by atoms with Crippen LogP contribution < -0.4 is 4.90 Å². The number of rotatable bonds is 11. The fraction of sp³-hybridized carbons (Fsp3) is 0.417. The van der Waals surface area contributed by atoms with E-state index in [1.165, 1.54) is 54.5 Å². The molecule has 0 fully saturated rings. The van der Waals surface area contributed by atoms with Crippen LogP contribution in [0.1, 0.15) is 89.8 Å². The molecule has 39 heavy (non-hydrogen) atoms. The molecular weight excluding hydrogens is 478 g/mol. The minimum absolute atomic E-state index is 0.0699. The van der Waals surface area contributed by atoms with Crippen LogP contribution in [0.25, 0.3) is 0 Å². The molecule has 2 aliphatic rings. The van der Waals surface area contributed by atoms with E-state index in [4.69, 9.17) is 0 Å². The van der Waals surface area contributed by atoms with Gasteiger partial charge in [-0.1, -0.05) is 116 Å². The molecule has 1 heterocycles. The van der Waals surface area contributed by atoms with Crippen molar-refractivity contribution in [2.24, 2.45) is 0 Å². The number of anilines is 1. The normalized spacial score (nSPS) is 18.6. The minimum atomic E-state index is -0.365. The number of para-hydroxylation sites is 1. The Morgan fingerprint density at radius 3 is 2.33 bits per heavy atom. The van der Waals surface area contributed by atoms with Gasteiger partial charge in [0.2, 0.25) is 5.78 Å². The number of fused-ring (bicyclic) bond motifs is 1. The Morgan fingerprint density at radius 1 is 1.00 bits per heavy atom. The SMILES string of the molecule is C=C(/C=C1/C(=O)C(/C=C2/N(CCCCCCCC)c3ccccc3C2(C)C)=C1O)C(C)(C)c1ccccc1C. The van der Waals surface area contributed by atoms with E-state index in [0.29, 0.717) is 11.1 Å². The third kappa shape index (κ3) is 5.41. The molecule has 0 saturated carbocycles. The summed E-state index contributed by atoms with van der Waals surface area (Å²) < 4.78 is 0. The van der Waals surface area contributed by atoms with Gasteiger partial charge >= 0.3 is 0 Å². The summed E-state index contributed by atoms with van der Waals surface area (Å²) in [6.07, 6.45) is 11.1. The van der Waals surface area contributed by atoms with Crippen molar-refractivity contribution < 1.29 is 9.90 Å². The molecule has 0 amide bonds. The van der Waals surface area contributed by atoms with Crippen molar-refractivity contribution in [3.05, 3.63) is 112 Å². The first-order chi connectivity index (χ1) is 18.5. The van der Waals surface area contributed by atoms with E-state index in [-0.39, 0.29) is 22.4 Å². The van der Waals surface area contributed by atoms with Gasteiger partial charge in [-0.25, -0.2) is 0 Å². The van der Waals surface area contributed by atoms with Crippen molar-refractivity contribution in [1.29, 1.82) is 0 Å². The number of unbranched alkanes of at least 4 members (excludes halogenated alkanes) is 5. The zero-order valence-corrected chi connectivity index (χ0v) is 24.7. The zero-order valence-electron chi connectivity index (χ0n) is 24.7. The number of hydrogen-bond acceptors (Lipinski definition) is 3. The van der Waals surface area contributed by atoms with Gasteiger partial charge in [-0.2, -0.15) is 0 Å². The van der Waals surface area contributed by atoms with Crippen LogP contribution in [-0.2, 0) is 15.6 Å². The van der Waals surface area contributed by atoms with Gasteiger partial charge in [0.1, 0.15) is 5.76 Å². The lowest BCUT2D eigenvalue weighted by atomic mass is 9.74. The van der Waals surface area contributed by atoms with E-state index in [1.54, 1.807) is 6.08 Å². The quantitative estimate of drug-likeness (QED) is 0.236. The Kier molecular flexibility index (Phi) is 8.39. The number of hydrogen-bond donors (Lipinski definition) is 1. The Balaban J connectivity index is 1.61. The van der Waals surface area contributed by atoms with Gasteiger partial charge in [-0.05, 0) is 53.8 Å². The van der Waals surface area contributed by atoms with E-state index in [1.807, 2.05) is 18.2 Å². The van der Waals surface area contributed by atoms with Crippen molar-refractivity contribution in [3.63, 3.8) is 0 Å². The fourth-order valence-corrected chi connectivity index (χ4v) is 6.04. The van der Waals surface area contributed by atoms with E-state index in [2.05, 4.69) is 89.4 Å². The molecule has 1 aliphatic carbocycles. The van der Waals surface area contributed by atoms with E-state index in [0.717, 1.165) is 24.2 Å². The average molecular weight is 524 g/mol. The smallest absolute Gasteiger partial charge is 0.200 e. The molecule has 0 unspecified atom stereocenters. The molecule has 2 aromatic carbocycles. The second-order valence-corrected chi connectivity index (χ2v) is 12.2. The van der Waals surface area contributed by atoms with Gasteiger partial charge in [0, 0.05) is 28.8 Å². The third-order valence-electron chi connectivity index (χ3n) is 8.75. The summed E-state index contributed by atoms with van der Waals surface area (Å²) in [5.74, 6) is -0.0477.